The first-order valence-corrected chi connectivity index (χ1v) is 7.68. The molecule has 0 radical (unpaired) electrons. The van der Waals surface area contributed by atoms with Gasteiger partial charge in [0.25, 0.3) is 0 Å². The van der Waals surface area contributed by atoms with Crippen LogP contribution in [0.5, 0.6) is 0 Å². The van der Waals surface area contributed by atoms with E-state index in [1.165, 1.54) is 7.11 Å². The van der Waals surface area contributed by atoms with Crippen LogP contribution in [0.3, 0.4) is 0 Å². The lowest BCUT2D eigenvalue weighted by molar-refractivity contribution is -0.150. The smallest absolute Gasteiger partial charge is 0.326 e. The van der Waals surface area contributed by atoms with Crippen molar-refractivity contribution in [3.05, 3.63) is 16.1 Å². The summed E-state index contributed by atoms with van der Waals surface area (Å²) in [7, 11) is 1.47. The van der Waals surface area contributed by atoms with Crippen LogP contribution in [-0.4, -0.2) is 23.6 Å². The number of hydrogen-bond acceptors (Lipinski definition) is 5. The summed E-state index contributed by atoms with van der Waals surface area (Å²) in [5, 5.41) is 6.50. The Balaban J connectivity index is 2.04. The van der Waals surface area contributed by atoms with Gasteiger partial charge in [0.15, 0.2) is 0 Å². The van der Waals surface area contributed by atoms with Gasteiger partial charge in [-0.1, -0.05) is 6.92 Å². The predicted octanol–water partition coefficient (Wildman–Crippen LogP) is 2.66. The molecule has 19 heavy (non-hydrogen) atoms. The first-order chi connectivity index (χ1) is 9.05. The average molecular weight is 282 g/mol. The van der Waals surface area contributed by atoms with E-state index in [2.05, 4.69) is 17.2 Å². The van der Waals surface area contributed by atoms with Gasteiger partial charge >= 0.3 is 5.97 Å². The number of nitrogens with zero attached hydrogens (tertiary/aromatic N) is 1. The van der Waals surface area contributed by atoms with E-state index in [1.54, 1.807) is 11.3 Å². The zero-order valence-electron chi connectivity index (χ0n) is 11.9. The number of carbonyl (C=O) groups excluding carboxylic acids is 1. The summed E-state index contributed by atoms with van der Waals surface area (Å²) in [4.78, 5) is 16.5. The summed E-state index contributed by atoms with van der Waals surface area (Å²) < 4.78 is 5.00. The number of aromatic nitrogens is 1. The lowest BCUT2D eigenvalue weighted by Gasteiger charge is -2.37. The maximum atomic E-state index is 12.1. The number of aryl methyl sites for hydroxylation is 1. The van der Waals surface area contributed by atoms with Crippen molar-refractivity contribution >= 4 is 17.3 Å². The van der Waals surface area contributed by atoms with Gasteiger partial charge in [-0.05, 0) is 38.5 Å². The zero-order chi connectivity index (χ0) is 13.9. The summed E-state index contributed by atoms with van der Waals surface area (Å²) in [6.07, 6.45) is 3.84. The highest BCUT2D eigenvalue weighted by atomic mass is 32.1. The van der Waals surface area contributed by atoms with E-state index in [0.29, 0.717) is 12.5 Å². The molecule has 0 amide bonds. The van der Waals surface area contributed by atoms with Crippen LogP contribution in [0.2, 0.25) is 0 Å². The molecule has 0 unspecified atom stereocenters. The molecule has 0 spiro atoms. The topological polar surface area (TPSA) is 51.2 Å². The fraction of sp³-hybridized carbons (Fsp3) is 0.714. The lowest BCUT2D eigenvalue weighted by Crippen LogP contribution is -2.54. The minimum absolute atomic E-state index is 0.133. The summed E-state index contributed by atoms with van der Waals surface area (Å²) in [5.41, 5.74) is 0.489. The number of rotatable bonds is 4. The molecular formula is C14H22N2O2S. The van der Waals surface area contributed by atoms with Crippen LogP contribution >= 0.6 is 11.3 Å². The highest BCUT2D eigenvalue weighted by molar-refractivity contribution is 7.09. The van der Waals surface area contributed by atoms with Crippen LogP contribution in [0, 0.1) is 12.8 Å². The Morgan fingerprint density at radius 2 is 2.26 bits per heavy atom. The van der Waals surface area contributed by atoms with Crippen molar-refractivity contribution in [3.63, 3.8) is 0 Å². The standard InChI is InChI=1S/C14H22N2O2S/c1-10-4-6-14(7-5-10,13(17)18-3)15-8-12-9-19-11(2)16-12/h9-10,15H,4-8H2,1-3H3. The van der Waals surface area contributed by atoms with E-state index in [-0.39, 0.29) is 5.97 Å². The average Bonchev–Trinajstić information content (AvgIpc) is 2.83. The van der Waals surface area contributed by atoms with E-state index in [0.717, 1.165) is 36.4 Å². The molecule has 1 fully saturated rings. The van der Waals surface area contributed by atoms with Gasteiger partial charge in [-0.15, -0.1) is 11.3 Å². The molecule has 5 heteroatoms. The first-order valence-electron chi connectivity index (χ1n) is 6.80. The third-order valence-electron chi connectivity index (χ3n) is 3.98. The molecule has 106 valence electrons. The van der Waals surface area contributed by atoms with Gasteiger partial charge in [-0.3, -0.25) is 10.1 Å². The van der Waals surface area contributed by atoms with Crippen molar-refractivity contribution in [2.24, 2.45) is 5.92 Å². The normalized spacial score (nSPS) is 27.2. The summed E-state index contributed by atoms with van der Waals surface area (Å²) in [5.74, 6) is 0.562. The van der Waals surface area contributed by atoms with E-state index in [9.17, 15) is 4.79 Å². The Morgan fingerprint density at radius 3 is 2.79 bits per heavy atom. The van der Waals surface area contributed by atoms with Crippen molar-refractivity contribution in [3.8, 4) is 0 Å². The Morgan fingerprint density at radius 1 is 1.58 bits per heavy atom. The Labute approximate surface area is 118 Å². The molecule has 4 nitrogen and oxygen atoms in total. The summed E-state index contributed by atoms with van der Waals surface area (Å²) >= 11 is 1.64. The van der Waals surface area contributed by atoms with Crippen LogP contribution in [0.15, 0.2) is 5.38 Å². The molecule has 1 aromatic heterocycles. The van der Waals surface area contributed by atoms with Gasteiger partial charge in [0.2, 0.25) is 0 Å². The van der Waals surface area contributed by atoms with Gasteiger partial charge in [0.05, 0.1) is 17.8 Å². The van der Waals surface area contributed by atoms with Gasteiger partial charge in [-0.2, -0.15) is 0 Å². The number of nitrogens with one attached hydrogen (secondary N) is 1. The van der Waals surface area contributed by atoms with Crippen LogP contribution in [0.4, 0.5) is 0 Å². The quantitative estimate of drug-likeness (QED) is 0.863. The lowest BCUT2D eigenvalue weighted by atomic mass is 9.77. The van der Waals surface area contributed by atoms with E-state index < -0.39 is 5.54 Å². The van der Waals surface area contributed by atoms with Crippen molar-refractivity contribution in [2.45, 2.75) is 51.6 Å². The maximum absolute atomic E-state index is 12.1. The Kier molecular flexibility index (Phi) is 4.58. The minimum Gasteiger partial charge on any atom is -0.468 e. The third-order valence-corrected chi connectivity index (χ3v) is 4.80. The fourth-order valence-electron chi connectivity index (χ4n) is 2.65. The van der Waals surface area contributed by atoms with Gasteiger partial charge in [0.1, 0.15) is 5.54 Å². The fourth-order valence-corrected chi connectivity index (χ4v) is 3.27. The van der Waals surface area contributed by atoms with Crippen LogP contribution in [-0.2, 0) is 16.1 Å². The summed E-state index contributed by atoms with van der Waals surface area (Å²) in [6, 6.07) is 0. The molecule has 0 aliphatic heterocycles. The van der Waals surface area contributed by atoms with Gasteiger partial charge in [-0.25, -0.2) is 4.98 Å². The largest absolute Gasteiger partial charge is 0.468 e. The second kappa shape index (κ2) is 6.01. The maximum Gasteiger partial charge on any atom is 0.326 e. The monoisotopic (exact) mass is 282 g/mol. The molecule has 2 rings (SSSR count). The second-order valence-corrected chi connectivity index (χ2v) is 6.53. The highest BCUT2D eigenvalue weighted by Gasteiger charge is 2.41. The molecule has 1 N–H and O–H groups in total. The molecule has 0 saturated heterocycles. The minimum atomic E-state index is -0.515. The number of ether oxygens (including phenoxy) is 1. The number of thiazole rings is 1. The van der Waals surface area contributed by atoms with Crippen LogP contribution < -0.4 is 5.32 Å². The number of hydrogen-bond donors (Lipinski definition) is 1. The number of methoxy groups -OCH3 is 1. The molecular weight excluding hydrogens is 260 g/mol. The molecule has 1 aromatic rings. The van der Waals surface area contributed by atoms with E-state index in [1.807, 2.05) is 12.3 Å². The highest BCUT2D eigenvalue weighted by Crippen LogP contribution is 2.33. The molecule has 0 aromatic carbocycles. The molecule has 1 saturated carbocycles. The van der Waals surface area contributed by atoms with Crippen LogP contribution in [0.1, 0.15) is 43.3 Å². The molecule has 1 aliphatic rings. The van der Waals surface area contributed by atoms with Crippen molar-refractivity contribution in [1.82, 2.24) is 10.3 Å². The molecule has 1 heterocycles. The van der Waals surface area contributed by atoms with Gasteiger partial charge in [0, 0.05) is 11.9 Å². The Hall–Kier alpha value is -0.940. The molecule has 1 aliphatic carbocycles. The van der Waals surface area contributed by atoms with Gasteiger partial charge < -0.3 is 4.74 Å². The third kappa shape index (κ3) is 3.34. The number of esters is 1. The molecule has 0 bridgehead atoms. The van der Waals surface area contributed by atoms with Crippen molar-refractivity contribution in [1.29, 1.82) is 0 Å². The predicted molar refractivity (Wildman–Crippen MR) is 76.1 cm³/mol. The first kappa shape index (κ1) is 14.5. The second-order valence-electron chi connectivity index (χ2n) is 5.47. The zero-order valence-corrected chi connectivity index (χ0v) is 12.7. The Bertz CT molecular complexity index is 436. The molecule has 0 atom stereocenters. The van der Waals surface area contributed by atoms with E-state index in [4.69, 9.17) is 4.74 Å². The van der Waals surface area contributed by atoms with Crippen molar-refractivity contribution < 1.29 is 9.53 Å². The van der Waals surface area contributed by atoms with Crippen LogP contribution in [0.25, 0.3) is 0 Å². The van der Waals surface area contributed by atoms with E-state index >= 15 is 0 Å². The summed E-state index contributed by atoms with van der Waals surface area (Å²) in [6.45, 7) is 4.87. The SMILES string of the molecule is COC(=O)C1(NCc2csc(C)n2)CCC(C)CC1. The van der Waals surface area contributed by atoms with Crippen molar-refractivity contribution in [2.75, 3.05) is 7.11 Å². The number of carbonyl (C=O) groups is 1.